The van der Waals surface area contributed by atoms with E-state index in [1.54, 1.807) is 24.7 Å². The third-order valence-corrected chi connectivity index (χ3v) is 4.09. The van der Waals surface area contributed by atoms with E-state index in [2.05, 4.69) is 31.8 Å². The zero-order valence-corrected chi connectivity index (χ0v) is 14.1. The number of aromatic nitrogens is 5. The van der Waals surface area contributed by atoms with E-state index in [1.165, 1.54) is 0 Å². The van der Waals surface area contributed by atoms with Crippen molar-refractivity contribution >= 4 is 22.4 Å². The molecular weight excluding hydrogens is 328 g/mol. The predicted octanol–water partition coefficient (Wildman–Crippen LogP) is 3.13. The van der Waals surface area contributed by atoms with E-state index in [1.807, 2.05) is 41.9 Å². The standard InChI is InChI=1S/C19H16N6O/c1-3-14(4-2)23-17-16-12(5-6-20-18(16)26)9-15(24-17)13-10-22-19-21-7-8-25(19)11-13/h3-11H,1H2,2H3,(H,20,26)(H,23,24)/b14-4+. The van der Waals surface area contributed by atoms with Crippen LogP contribution in [0.15, 0.2) is 72.3 Å². The second kappa shape index (κ2) is 6.29. The van der Waals surface area contributed by atoms with Gasteiger partial charge in [-0.2, -0.15) is 0 Å². The number of allylic oxidation sites excluding steroid dienone is 2. The largest absolute Gasteiger partial charge is 0.340 e. The number of H-pyrrole nitrogens is 1. The summed E-state index contributed by atoms with van der Waals surface area (Å²) in [7, 11) is 0. The Morgan fingerprint density at radius 3 is 3.08 bits per heavy atom. The van der Waals surface area contributed by atoms with Crippen molar-refractivity contribution in [3.05, 3.63) is 77.9 Å². The molecule has 0 aromatic carbocycles. The van der Waals surface area contributed by atoms with Gasteiger partial charge in [-0.25, -0.2) is 15.0 Å². The van der Waals surface area contributed by atoms with E-state index in [4.69, 9.17) is 0 Å². The Kier molecular flexibility index (Phi) is 3.81. The third kappa shape index (κ3) is 2.65. The normalized spacial score (nSPS) is 11.8. The molecule has 0 radical (unpaired) electrons. The number of hydrogen-bond acceptors (Lipinski definition) is 5. The minimum atomic E-state index is -0.202. The summed E-state index contributed by atoms with van der Waals surface area (Å²) in [5, 5.41) is 4.46. The molecule has 0 atom stereocenters. The van der Waals surface area contributed by atoms with Crippen molar-refractivity contribution in [2.45, 2.75) is 6.92 Å². The van der Waals surface area contributed by atoms with Gasteiger partial charge in [0.15, 0.2) is 0 Å². The molecule has 0 bridgehead atoms. The first-order valence-electron chi connectivity index (χ1n) is 8.07. The minimum absolute atomic E-state index is 0.202. The van der Waals surface area contributed by atoms with Crippen LogP contribution in [0.3, 0.4) is 0 Å². The van der Waals surface area contributed by atoms with Gasteiger partial charge in [-0.15, -0.1) is 0 Å². The molecule has 7 heteroatoms. The van der Waals surface area contributed by atoms with Crippen LogP contribution in [0.5, 0.6) is 0 Å². The van der Waals surface area contributed by atoms with E-state index in [-0.39, 0.29) is 5.56 Å². The summed E-state index contributed by atoms with van der Waals surface area (Å²) in [4.78, 5) is 28.2. The van der Waals surface area contributed by atoms with E-state index in [9.17, 15) is 4.79 Å². The van der Waals surface area contributed by atoms with Gasteiger partial charge in [-0.3, -0.25) is 9.20 Å². The molecule has 0 aliphatic carbocycles. The lowest BCUT2D eigenvalue weighted by Crippen LogP contribution is -2.10. The molecule has 26 heavy (non-hydrogen) atoms. The molecule has 0 fully saturated rings. The van der Waals surface area contributed by atoms with E-state index >= 15 is 0 Å². The van der Waals surface area contributed by atoms with Crippen LogP contribution >= 0.6 is 0 Å². The van der Waals surface area contributed by atoms with Crippen molar-refractivity contribution in [3.63, 3.8) is 0 Å². The Bertz CT molecular complexity index is 1220. The van der Waals surface area contributed by atoms with E-state index in [0.29, 0.717) is 22.7 Å². The molecule has 4 heterocycles. The van der Waals surface area contributed by atoms with Gasteiger partial charge < -0.3 is 10.3 Å². The van der Waals surface area contributed by atoms with Crippen molar-refractivity contribution in [2.24, 2.45) is 0 Å². The number of hydrogen-bond donors (Lipinski definition) is 2. The highest BCUT2D eigenvalue weighted by molar-refractivity contribution is 5.94. The molecule has 0 aliphatic rings. The highest BCUT2D eigenvalue weighted by atomic mass is 16.1. The summed E-state index contributed by atoms with van der Waals surface area (Å²) in [6.07, 6.45) is 12.3. The van der Waals surface area contributed by atoms with E-state index < -0.39 is 0 Å². The zero-order valence-electron chi connectivity index (χ0n) is 14.1. The summed E-state index contributed by atoms with van der Waals surface area (Å²) < 4.78 is 1.83. The molecule has 0 spiro atoms. The van der Waals surface area contributed by atoms with Crippen LogP contribution < -0.4 is 10.9 Å². The smallest absolute Gasteiger partial charge is 0.259 e. The Morgan fingerprint density at radius 1 is 1.38 bits per heavy atom. The van der Waals surface area contributed by atoms with Crippen molar-refractivity contribution in [3.8, 4) is 11.3 Å². The highest BCUT2D eigenvalue weighted by Gasteiger charge is 2.12. The number of rotatable bonds is 4. The Morgan fingerprint density at radius 2 is 2.27 bits per heavy atom. The SMILES string of the molecule is C=C/C(=C\C)Nc1nc(-c2cnc3nccn3c2)cc2cc[nH]c(=O)c12. The van der Waals surface area contributed by atoms with Gasteiger partial charge in [-0.1, -0.05) is 12.7 Å². The molecule has 4 aromatic heterocycles. The molecular formula is C19H16N6O. The zero-order chi connectivity index (χ0) is 18.1. The van der Waals surface area contributed by atoms with Gasteiger partial charge in [0.25, 0.3) is 5.56 Å². The monoisotopic (exact) mass is 344 g/mol. The lowest BCUT2D eigenvalue weighted by atomic mass is 10.1. The van der Waals surface area contributed by atoms with Gasteiger partial charge in [-0.05, 0) is 30.5 Å². The lowest BCUT2D eigenvalue weighted by Gasteiger charge is -2.11. The van der Waals surface area contributed by atoms with Gasteiger partial charge in [0.1, 0.15) is 5.82 Å². The first-order valence-corrected chi connectivity index (χ1v) is 8.07. The van der Waals surface area contributed by atoms with Crippen LogP contribution in [0.25, 0.3) is 27.8 Å². The van der Waals surface area contributed by atoms with Crippen LogP contribution in [0, 0.1) is 0 Å². The number of aromatic amines is 1. The van der Waals surface area contributed by atoms with Gasteiger partial charge in [0.05, 0.1) is 11.1 Å². The Labute approximate surface area is 148 Å². The van der Waals surface area contributed by atoms with Gasteiger partial charge >= 0.3 is 0 Å². The number of fused-ring (bicyclic) bond motifs is 2. The Hall–Kier alpha value is -3.74. The number of anilines is 1. The van der Waals surface area contributed by atoms with Crippen molar-refractivity contribution < 1.29 is 0 Å². The van der Waals surface area contributed by atoms with Crippen LogP contribution in [0.2, 0.25) is 0 Å². The summed E-state index contributed by atoms with van der Waals surface area (Å²) in [5.74, 6) is 1.09. The molecule has 2 N–H and O–H groups in total. The third-order valence-electron chi connectivity index (χ3n) is 4.09. The van der Waals surface area contributed by atoms with Crippen LogP contribution in [-0.4, -0.2) is 24.3 Å². The molecule has 4 aromatic rings. The van der Waals surface area contributed by atoms with Crippen molar-refractivity contribution in [1.29, 1.82) is 0 Å². The van der Waals surface area contributed by atoms with Gasteiger partial charge in [0.2, 0.25) is 5.78 Å². The number of imidazole rings is 1. The highest BCUT2D eigenvalue weighted by Crippen LogP contribution is 2.26. The number of pyridine rings is 2. The average Bonchev–Trinajstić information content (AvgIpc) is 3.13. The maximum absolute atomic E-state index is 12.3. The minimum Gasteiger partial charge on any atom is -0.340 e. The van der Waals surface area contributed by atoms with Crippen LogP contribution in [0.4, 0.5) is 5.82 Å². The lowest BCUT2D eigenvalue weighted by molar-refractivity contribution is 1.10. The molecule has 7 nitrogen and oxygen atoms in total. The average molecular weight is 344 g/mol. The first kappa shape index (κ1) is 15.8. The maximum atomic E-state index is 12.3. The molecule has 0 amide bonds. The molecule has 4 rings (SSSR count). The second-order valence-corrected chi connectivity index (χ2v) is 5.68. The summed E-state index contributed by atoms with van der Waals surface area (Å²) in [6.45, 7) is 5.66. The number of nitrogens with one attached hydrogen (secondary N) is 2. The number of nitrogens with zero attached hydrogens (tertiary/aromatic N) is 4. The van der Waals surface area contributed by atoms with E-state index in [0.717, 1.165) is 16.6 Å². The van der Waals surface area contributed by atoms with Crippen molar-refractivity contribution in [1.82, 2.24) is 24.3 Å². The topological polar surface area (TPSA) is 88.0 Å². The molecule has 128 valence electrons. The molecule has 0 aliphatic heterocycles. The summed E-state index contributed by atoms with van der Waals surface area (Å²) >= 11 is 0. The first-order chi connectivity index (χ1) is 12.7. The summed E-state index contributed by atoms with van der Waals surface area (Å²) in [6, 6.07) is 3.72. The van der Waals surface area contributed by atoms with Crippen LogP contribution in [0.1, 0.15) is 6.92 Å². The predicted molar refractivity (Wildman–Crippen MR) is 102 cm³/mol. The fourth-order valence-corrected chi connectivity index (χ4v) is 2.78. The Balaban J connectivity index is 1.95. The maximum Gasteiger partial charge on any atom is 0.259 e. The van der Waals surface area contributed by atoms with Crippen molar-refractivity contribution in [2.75, 3.05) is 5.32 Å². The molecule has 0 saturated heterocycles. The second-order valence-electron chi connectivity index (χ2n) is 5.68. The van der Waals surface area contributed by atoms with Crippen LogP contribution in [-0.2, 0) is 0 Å². The van der Waals surface area contributed by atoms with Gasteiger partial charge in [0, 0.05) is 42.2 Å². The quantitative estimate of drug-likeness (QED) is 0.555. The molecule has 0 unspecified atom stereocenters. The fourth-order valence-electron chi connectivity index (χ4n) is 2.78. The summed E-state index contributed by atoms with van der Waals surface area (Å²) in [5.41, 5.74) is 2.09. The fraction of sp³-hybridized carbons (Fsp3) is 0.0526. The molecule has 0 saturated carbocycles.